The number of hydrogen-bond acceptors (Lipinski definition) is 4. The number of rotatable bonds is 2. The minimum Gasteiger partial charge on any atom is -0.208 e. The van der Waals surface area contributed by atoms with Crippen molar-refractivity contribution in [3.05, 3.63) is 24.4 Å². The van der Waals surface area contributed by atoms with Gasteiger partial charge in [0.05, 0.1) is 0 Å². The minimum absolute atomic E-state index is 0.0570. The fourth-order valence-corrected chi connectivity index (χ4v) is 3.18. The van der Waals surface area contributed by atoms with Crippen LogP contribution in [-0.4, -0.2) is 27.9 Å². The average molecular weight is 344 g/mol. The Morgan fingerprint density at radius 1 is 0.850 bits per heavy atom. The number of nitrogens with zero attached hydrogens (tertiary/aromatic N) is 1. The van der Waals surface area contributed by atoms with Crippen LogP contribution in [0, 0.1) is 0 Å². The van der Waals surface area contributed by atoms with E-state index in [-0.39, 0.29) is 12.3 Å². The second-order valence-electron chi connectivity index (χ2n) is 3.23. The molecule has 0 spiro atoms. The predicted octanol–water partition coefficient (Wildman–Crippen LogP) is 0.965. The Hall–Kier alpha value is -1.37. The molecular formula is C7H4F6NO4S2+. The van der Waals surface area contributed by atoms with E-state index in [1.54, 1.807) is 0 Å². The summed E-state index contributed by atoms with van der Waals surface area (Å²) < 4.78 is 117. The number of hydrogen-bond donors (Lipinski definition) is 0. The zero-order valence-electron chi connectivity index (χ0n) is 8.97. The highest BCUT2D eigenvalue weighted by Crippen LogP contribution is 2.30. The third kappa shape index (κ3) is 2.59. The van der Waals surface area contributed by atoms with Crippen molar-refractivity contribution in [3.63, 3.8) is 0 Å². The van der Waals surface area contributed by atoms with Crippen LogP contribution in [0.1, 0.15) is 0 Å². The van der Waals surface area contributed by atoms with Gasteiger partial charge in [-0.15, -0.1) is 0 Å². The van der Waals surface area contributed by atoms with Crippen LogP contribution in [0.4, 0.5) is 26.3 Å². The highest BCUT2D eigenvalue weighted by atomic mass is 32.2. The largest absolute Gasteiger partial charge is 0.560 e. The van der Waals surface area contributed by atoms with E-state index in [4.69, 9.17) is 0 Å². The molecule has 5 nitrogen and oxygen atoms in total. The molecular weight excluding hydrogens is 340 g/mol. The molecule has 20 heavy (non-hydrogen) atoms. The van der Waals surface area contributed by atoms with Gasteiger partial charge in [-0.3, -0.25) is 0 Å². The zero-order chi connectivity index (χ0) is 16.0. The molecule has 0 aromatic carbocycles. The second-order valence-corrected chi connectivity index (χ2v) is 6.93. The Balaban J connectivity index is 3.75. The molecule has 0 unspecified atom stereocenters. The summed E-state index contributed by atoms with van der Waals surface area (Å²) in [5.74, 6) is 0. The van der Waals surface area contributed by atoms with Gasteiger partial charge in [0.1, 0.15) is 0 Å². The number of halogens is 6. The van der Waals surface area contributed by atoms with E-state index >= 15 is 0 Å². The minimum atomic E-state index is -6.31. The van der Waals surface area contributed by atoms with Gasteiger partial charge in [-0.05, 0) is 6.07 Å². The molecule has 0 saturated carbocycles. The van der Waals surface area contributed by atoms with E-state index in [1.165, 1.54) is 0 Å². The summed E-state index contributed by atoms with van der Waals surface area (Å²) >= 11 is 0. The first kappa shape index (κ1) is 16.7. The van der Waals surface area contributed by atoms with Crippen LogP contribution in [0.2, 0.25) is 0 Å². The first-order valence-electron chi connectivity index (χ1n) is 4.37. The number of alkyl halides is 6. The summed E-state index contributed by atoms with van der Waals surface area (Å²) in [5.41, 5.74) is -11.9. The van der Waals surface area contributed by atoms with E-state index in [1.807, 2.05) is 0 Å². The monoisotopic (exact) mass is 344 g/mol. The summed E-state index contributed by atoms with van der Waals surface area (Å²) in [4.78, 5) is 0. The van der Waals surface area contributed by atoms with Crippen LogP contribution in [0.15, 0.2) is 29.4 Å². The molecule has 1 aromatic rings. The van der Waals surface area contributed by atoms with Crippen molar-refractivity contribution in [1.29, 1.82) is 0 Å². The summed E-state index contributed by atoms with van der Waals surface area (Å²) in [6, 6.07) is 1.39. The molecule has 0 fully saturated rings. The smallest absolute Gasteiger partial charge is 0.208 e. The molecule has 0 bridgehead atoms. The van der Waals surface area contributed by atoms with Gasteiger partial charge in [-0.2, -0.15) is 34.8 Å². The van der Waals surface area contributed by atoms with Gasteiger partial charge in [-0.25, -0.2) is 8.42 Å². The van der Waals surface area contributed by atoms with Crippen LogP contribution in [0.3, 0.4) is 0 Å². The fourth-order valence-electron chi connectivity index (χ4n) is 1.05. The van der Waals surface area contributed by atoms with Gasteiger partial charge >= 0.3 is 35.9 Å². The molecule has 0 saturated heterocycles. The van der Waals surface area contributed by atoms with Crippen molar-refractivity contribution in [2.24, 2.45) is 0 Å². The third-order valence-electron chi connectivity index (χ3n) is 1.92. The van der Waals surface area contributed by atoms with Crippen molar-refractivity contribution >= 4 is 19.9 Å². The Labute approximate surface area is 108 Å². The zero-order valence-corrected chi connectivity index (χ0v) is 10.6. The maximum absolute atomic E-state index is 12.3. The molecule has 0 N–H and O–H groups in total. The van der Waals surface area contributed by atoms with Gasteiger partial charge in [0.15, 0.2) is 6.20 Å². The predicted molar refractivity (Wildman–Crippen MR) is 50.3 cm³/mol. The van der Waals surface area contributed by atoms with Crippen LogP contribution < -0.4 is 3.97 Å². The summed E-state index contributed by atoms with van der Waals surface area (Å²) in [7, 11) is -12.6. The van der Waals surface area contributed by atoms with E-state index in [0.29, 0.717) is 12.1 Å². The Bertz CT molecular complexity index is 655. The third-order valence-corrected chi connectivity index (χ3v) is 4.95. The van der Waals surface area contributed by atoms with E-state index in [9.17, 15) is 43.2 Å². The summed E-state index contributed by atoms with van der Waals surface area (Å²) in [6.07, 6.45) is 0.0570. The summed E-state index contributed by atoms with van der Waals surface area (Å²) in [6.45, 7) is 0. The normalized spacial score (nSPS) is 14.3. The van der Waals surface area contributed by atoms with Gasteiger partial charge in [0.2, 0.25) is 0 Å². The molecule has 13 heteroatoms. The van der Waals surface area contributed by atoms with E-state index in [2.05, 4.69) is 0 Å². The van der Waals surface area contributed by atoms with Gasteiger partial charge in [0.25, 0.3) is 0 Å². The highest BCUT2D eigenvalue weighted by molar-refractivity contribution is 7.92. The van der Waals surface area contributed by atoms with Crippen molar-refractivity contribution in [1.82, 2.24) is 0 Å². The molecule has 1 rings (SSSR count). The van der Waals surface area contributed by atoms with Crippen molar-refractivity contribution in [2.75, 3.05) is 0 Å². The van der Waals surface area contributed by atoms with Crippen molar-refractivity contribution in [3.8, 4) is 0 Å². The standard InChI is InChI=1S/C7H4F6NO4S2/c8-6(9,10)19(15,16)5-3-1-2-4-14(5)20(17,18)7(11,12)13/h1-4H/q+1. The Morgan fingerprint density at radius 2 is 1.35 bits per heavy atom. The molecule has 114 valence electrons. The van der Waals surface area contributed by atoms with Crippen LogP contribution in [-0.2, 0) is 19.9 Å². The Kier molecular flexibility index (Phi) is 3.82. The van der Waals surface area contributed by atoms with E-state index < -0.39 is 39.9 Å². The lowest BCUT2D eigenvalue weighted by Gasteiger charge is -2.08. The molecule has 1 aromatic heterocycles. The van der Waals surface area contributed by atoms with Gasteiger partial charge in [-0.1, -0.05) is 3.97 Å². The van der Waals surface area contributed by atoms with Crippen LogP contribution in [0.5, 0.6) is 0 Å². The molecule has 0 aliphatic carbocycles. The number of pyridine rings is 1. The molecule has 0 aliphatic rings. The first-order chi connectivity index (χ1) is 8.73. The fraction of sp³-hybridized carbons (Fsp3) is 0.286. The molecule has 0 amide bonds. The van der Waals surface area contributed by atoms with Crippen LogP contribution >= 0.6 is 0 Å². The topological polar surface area (TPSA) is 72.2 Å². The maximum atomic E-state index is 12.3. The van der Waals surface area contributed by atoms with Crippen LogP contribution in [0.25, 0.3) is 0 Å². The van der Waals surface area contributed by atoms with Crippen molar-refractivity contribution < 1.29 is 47.2 Å². The Morgan fingerprint density at radius 3 is 1.75 bits per heavy atom. The lowest BCUT2D eigenvalue weighted by Crippen LogP contribution is -2.54. The van der Waals surface area contributed by atoms with Crippen molar-refractivity contribution in [2.45, 2.75) is 16.0 Å². The lowest BCUT2D eigenvalue weighted by molar-refractivity contribution is -0.562. The highest BCUT2D eigenvalue weighted by Gasteiger charge is 2.59. The maximum Gasteiger partial charge on any atom is 0.560 e. The number of sulfone groups is 1. The quantitative estimate of drug-likeness (QED) is 0.592. The molecule has 0 aliphatic heterocycles. The van der Waals surface area contributed by atoms with Gasteiger partial charge in [0, 0.05) is 12.1 Å². The second kappa shape index (κ2) is 4.58. The number of aromatic nitrogens is 1. The van der Waals surface area contributed by atoms with E-state index in [0.717, 1.165) is 0 Å². The molecule has 0 radical (unpaired) electrons. The molecule has 1 heterocycles. The lowest BCUT2D eigenvalue weighted by atomic mass is 10.5. The summed E-state index contributed by atoms with van der Waals surface area (Å²) in [5, 5.41) is -2.05. The molecule has 0 atom stereocenters. The SMILES string of the molecule is O=S(=O)(c1cccc[n+]1S(=O)(=O)C(F)(F)F)C(F)(F)F. The van der Waals surface area contributed by atoms with Gasteiger partial charge < -0.3 is 0 Å². The first-order valence-corrected chi connectivity index (χ1v) is 7.29. The average Bonchev–Trinajstić information content (AvgIpc) is 2.26.